The van der Waals surface area contributed by atoms with Gasteiger partial charge in [0, 0.05) is 25.3 Å². The third-order valence-corrected chi connectivity index (χ3v) is 6.23. The van der Waals surface area contributed by atoms with Crippen molar-refractivity contribution in [2.45, 2.75) is 57.3 Å². The van der Waals surface area contributed by atoms with Gasteiger partial charge in [-0.25, -0.2) is 0 Å². The zero-order chi connectivity index (χ0) is 31.2. The Labute approximate surface area is 243 Å². The molecule has 0 spiro atoms. The Hall–Kier alpha value is -4.78. The molecule has 13 nitrogen and oxygen atoms in total. The summed E-state index contributed by atoms with van der Waals surface area (Å²) in [6.45, 7) is 3.01. The van der Waals surface area contributed by atoms with Crippen molar-refractivity contribution < 1.29 is 33.9 Å². The molecule has 1 unspecified atom stereocenters. The second kappa shape index (κ2) is 16.5. The number of nitrogens with two attached hydrogens (primary N) is 2. The minimum absolute atomic E-state index is 0.0956. The van der Waals surface area contributed by atoms with Crippen LogP contribution in [0.25, 0.3) is 0 Å². The molecule has 0 fully saturated rings. The predicted octanol–water partition coefficient (Wildman–Crippen LogP) is -1.01. The molecule has 0 saturated heterocycles. The summed E-state index contributed by atoms with van der Waals surface area (Å²) in [6, 6.07) is 13.1. The molecule has 42 heavy (non-hydrogen) atoms. The molecular weight excluding hydrogens is 544 g/mol. The molecule has 0 heterocycles. The van der Waals surface area contributed by atoms with Crippen molar-refractivity contribution >= 4 is 35.5 Å². The minimum Gasteiger partial charge on any atom is -0.481 e. The van der Waals surface area contributed by atoms with E-state index in [9.17, 15) is 28.8 Å². The van der Waals surface area contributed by atoms with Gasteiger partial charge in [0.2, 0.25) is 29.5 Å². The third-order valence-electron chi connectivity index (χ3n) is 6.23. The van der Waals surface area contributed by atoms with E-state index in [0.717, 1.165) is 11.1 Å². The minimum atomic E-state index is -1.48. The highest BCUT2D eigenvalue weighted by Gasteiger charge is 2.29. The number of carbonyl (C=O) groups excluding carboxylic acids is 5. The lowest BCUT2D eigenvalue weighted by molar-refractivity contribution is -0.140. The summed E-state index contributed by atoms with van der Waals surface area (Å²) < 4.78 is 0. The standard InChI is InChI=1S/C29H38N6O7/c1-17(2)26(39)34-23(14-19-11-7-4-8-12-19)29(42)35-22(13-18-9-5-3-6-10-18)28(41)32-16-20(30)27(40)33-21(25(31)38)15-24(36)37/h3-12,17,20-23H,13-16,30H2,1-2H3,(H2,31,38)(H,32,41)(H,33,40)(H,34,39)(H,35,42)(H,36,37)/t20-,21?,22-,23-/m0/s1. The van der Waals surface area contributed by atoms with Crippen LogP contribution in [0.2, 0.25) is 0 Å². The van der Waals surface area contributed by atoms with E-state index in [1.807, 2.05) is 30.3 Å². The smallest absolute Gasteiger partial charge is 0.305 e. The highest BCUT2D eigenvalue weighted by atomic mass is 16.4. The Kier molecular flexibility index (Phi) is 13.1. The van der Waals surface area contributed by atoms with Crippen LogP contribution < -0.4 is 32.7 Å². The SMILES string of the molecule is CC(C)C(=O)N[C@@H](Cc1ccccc1)C(=O)N[C@@H](Cc1ccccc1)C(=O)NC[C@H](N)C(=O)NC(CC(=O)O)C(N)=O. The largest absolute Gasteiger partial charge is 0.481 e. The van der Waals surface area contributed by atoms with E-state index in [4.69, 9.17) is 16.6 Å². The number of benzene rings is 2. The summed E-state index contributed by atoms with van der Waals surface area (Å²) in [5.41, 5.74) is 12.5. The van der Waals surface area contributed by atoms with Gasteiger partial charge in [-0.3, -0.25) is 28.8 Å². The number of carbonyl (C=O) groups is 6. The van der Waals surface area contributed by atoms with Gasteiger partial charge < -0.3 is 37.8 Å². The van der Waals surface area contributed by atoms with Gasteiger partial charge >= 0.3 is 5.97 Å². The summed E-state index contributed by atoms with van der Waals surface area (Å²) in [7, 11) is 0. The number of carboxylic acids is 1. The molecule has 9 N–H and O–H groups in total. The zero-order valence-corrected chi connectivity index (χ0v) is 23.5. The molecule has 2 aromatic rings. The fourth-order valence-corrected chi connectivity index (χ4v) is 3.83. The van der Waals surface area contributed by atoms with Crippen LogP contribution in [0, 0.1) is 5.92 Å². The molecule has 2 rings (SSSR count). The van der Waals surface area contributed by atoms with Crippen molar-refractivity contribution in [1.82, 2.24) is 21.3 Å². The van der Waals surface area contributed by atoms with Crippen LogP contribution in [0.5, 0.6) is 0 Å². The molecular formula is C29H38N6O7. The van der Waals surface area contributed by atoms with Crippen molar-refractivity contribution in [2.75, 3.05) is 6.54 Å². The topological polar surface area (TPSA) is 223 Å². The molecule has 0 aromatic heterocycles. The van der Waals surface area contributed by atoms with E-state index in [0.29, 0.717) is 0 Å². The number of carboxylic acid groups (broad SMARTS) is 1. The van der Waals surface area contributed by atoms with E-state index in [2.05, 4.69) is 21.3 Å². The molecule has 0 radical (unpaired) electrons. The maximum absolute atomic E-state index is 13.4. The van der Waals surface area contributed by atoms with Crippen molar-refractivity contribution in [3.8, 4) is 0 Å². The molecule has 4 atom stereocenters. The molecule has 5 amide bonds. The average molecular weight is 583 g/mol. The number of hydrogen-bond donors (Lipinski definition) is 7. The van der Waals surface area contributed by atoms with Gasteiger partial charge in [0.15, 0.2) is 0 Å². The molecule has 226 valence electrons. The Morgan fingerprint density at radius 3 is 1.60 bits per heavy atom. The quantitative estimate of drug-likeness (QED) is 0.129. The summed E-state index contributed by atoms with van der Waals surface area (Å²) >= 11 is 0. The fourth-order valence-electron chi connectivity index (χ4n) is 3.83. The van der Waals surface area contributed by atoms with E-state index in [-0.39, 0.29) is 31.2 Å². The molecule has 0 bridgehead atoms. The highest BCUT2D eigenvalue weighted by Crippen LogP contribution is 2.08. The first-order valence-electron chi connectivity index (χ1n) is 13.4. The van der Waals surface area contributed by atoms with E-state index >= 15 is 0 Å². The zero-order valence-electron chi connectivity index (χ0n) is 23.5. The van der Waals surface area contributed by atoms with Crippen LogP contribution in [-0.2, 0) is 41.6 Å². The number of hydrogen-bond acceptors (Lipinski definition) is 7. The van der Waals surface area contributed by atoms with Gasteiger partial charge in [-0.2, -0.15) is 0 Å². The van der Waals surface area contributed by atoms with Crippen molar-refractivity contribution in [3.63, 3.8) is 0 Å². The molecule has 0 aliphatic rings. The Bertz CT molecular complexity index is 1240. The molecule has 0 aliphatic carbocycles. The van der Waals surface area contributed by atoms with Crippen molar-refractivity contribution in [1.29, 1.82) is 0 Å². The van der Waals surface area contributed by atoms with E-state index < -0.39 is 60.2 Å². The van der Waals surface area contributed by atoms with Crippen LogP contribution in [0.15, 0.2) is 60.7 Å². The second-order valence-corrected chi connectivity index (χ2v) is 10.1. The molecule has 2 aromatic carbocycles. The number of primary amides is 1. The van der Waals surface area contributed by atoms with Crippen LogP contribution in [0.1, 0.15) is 31.4 Å². The highest BCUT2D eigenvalue weighted by molar-refractivity contribution is 5.94. The maximum Gasteiger partial charge on any atom is 0.305 e. The number of nitrogens with one attached hydrogen (secondary N) is 4. The maximum atomic E-state index is 13.4. The average Bonchev–Trinajstić information content (AvgIpc) is 2.95. The van der Waals surface area contributed by atoms with Crippen LogP contribution in [-0.4, -0.2) is 71.3 Å². The predicted molar refractivity (Wildman–Crippen MR) is 153 cm³/mol. The second-order valence-electron chi connectivity index (χ2n) is 10.1. The summed E-state index contributed by atoms with van der Waals surface area (Å²) in [5, 5.41) is 19.0. The van der Waals surface area contributed by atoms with E-state index in [1.54, 1.807) is 44.2 Å². The Morgan fingerprint density at radius 2 is 1.14 bits per heavy atom. The van der Waals surface area contributed by atoms with Gasteiger partial charge in [-0.1, -0.05) is 74.5 Å². The van der Waals surface area contributed by atoms with Crippen LogP contribution in [0.4, 0.5) is 0 Å². The van der Waals surface area contributed by atoms with Gasteiger partial charge in [0.1, 0.15) is 24.2 Å². The number of rotatable bonds is 16. The number of aliphatic carboxylic acids is 1. The summed E-state index contributed by atoms with van der Waals surface area (Å²) in [6.07, 6.45) is -0.450. The molecule has 0 aliphatic heterocycles. The summed E-state index contributed by atoms with van der Waals surface area (Å²) in [4.78, 5) is 74.0. The first-order valence-corrected chi connectivity index (χ1v) is 13.4. The number of amides is 5. The molecule has 0 saturated carbocycles. The van der Waals surface area contributed by atoms with Crippen molar-refractivity contribution in [2.24, 2.45) is 17.4 Å². The third kappa shape index (κ3) is 11.4. The lowest BCUT2D eigenvalue weighted by atomic mass is 10.0. The first-order chi connectivity index (χ1) is 19.9. The van der Waals surface area contributed by atoms with Gasteiger partial charge in [-0.05, 0) is 11.1 Å². The van der Waals surface area contributed by atoms with Gasteiger partial charge in [-0.15, -0.1) is 0 Å². The van der Waals surface area contributed by atoms with Gasteiger partial charge in [0.05, 0.1) is 6.42 Å². The summed E-state index contributed by atoms with van der Waals surface area (Å²) in [5.74, 6) is -5.24. The lowest BCUT2D eigenvalue weighted by Crippen LogP contribution is -2.58. The van der Waals surface area contributed by atoms with Crippen LogP contribution in [0.3, 0.4) is 0 Å². The van der Waals surface area contributed by atoms with Gasteiger partial charge in [0.25, 0.3) is 0 Å². The fraction of sp³-hybridized carbons (Fsp3) is 0.379. The lowest BCUT2D eigenvalue weighted by Gasteiger charge is -2.25. The monoisotopic (exact) mass is 582 g/mol. The van der Waals surface area contributed by atoms with Crippen LogP contribution >= 0.6 is 0 Å². The Balaban J connectivity index is 2.17. The van der Waals surface area contributed by atoms with E-state index in [1.165, 1.54) is 0 Å². The van der Waals surface area contributed by atoms with Crippen molar-refractivity contribution in [3.05, 3.63) is 71.8 Å². The Morgan fingerprint density at radius 1 is 0.690 bits per heavy atom. The first kappa shape index (κ1) is 33.4. The molecule has 13 heteroatoms. The normalized spacial score (nSPS) is 13.6.